The molecule has 2 aliphatic heterocycles. The van der Waals surface area contributed by atoms with Gasteiger partial charge in [0.25, 0.3) is 17.7 Å². The van der Waals surface area contributed by atoms with Crippen LogP contribution in [-0.2, 0) is 49.5 Å². The van der Waals surface area contributed by atoms with Crippen molar-refractivity contribution in [2.24, 2.45) is 23.5 Å². The predicted octanol–water partition coefficient (Wildman–Crippen LogP) is 7.39. The normalized spacial score (nSPS) is 15.6. The van der Waals surface area contributed by atoms with E-state index in [1.165, 1.54) is 12.2 Å². The Morgan fingerprint density at radius 1 is 0.747 bits per heavy atom. The Labute approximate surface area is 508 Å². The van der Waals surface area contributed by atoms with E-state index >= 15 is 0 Å². The average molecular weight is 1190 g/mol. The number of amides is 7. The Kier molecular flexibility index (Phi) is 23.3. The zero-order valence-electron chi connectivity index (χ0n) is 50.3. The quantitative estimate of drug-likeness (QED) is 0.00561. The Morgan fingerprint density at radius 2 is 1.39 bits per heavy atom. The molecule has 2 aliphatic rings. The molecule has 0 saturated carbocycles. The minimum absolute atomic E-state index is 0. The van der Waals surface area contributed by atoms with Gasteiger partial charge in [-0.25, -0.2) is 14.8 Å². The number of primary amides is 1. The molecule has 7 amide bonds. The highest BCUT2D eigenvalue weighted by Gasteiger charge is 2.50. The lowest BCUT2D eigenvalue weighted by Crippen LogP contribution is -2.45. The Bertz CT molecular complexity index is 3450. The molecule has 87 heavy (non-hydrogen) atoms. The molecular weight excluding hydrogens is 1110 g/mol. The van der Waals surface area contributed by atoms with Gasteiger partial charge in [0.2, 0.25) is 17.3 Å². The Morgan fingerprint density at radius 3 is 2.05 bits per heavy atom. The maximum Gasteiger partial charge on any atom is 0.312 e. The van der Waals surface area contributed by atoms with Crippen molar-refractivity contribution in [3.8, 4) is 11.1 Å². The molecule has 0 radical (unpaired) electrons. The van der Waals surface area contributed by atoms with Crippen LogP contribution in [0.5, 0.6) is 0 Å². The molecule has 1 fully saturated rings. The minimum atomic E-state index is -1.06. The summed E-state index contributed by atoms with van der Waals surface area (Å²) in [7, 11) is 1.83. The molecule has 5 aromatic carbocycles. The van der Waals surface area contributed by atoms with Crippen molar-refractivity contribution >= 4 is 75.1 Å². The summed E-state index contributed by atoms with van der Waals surface area (Å²) in [6.45, 7) is 9.74. The number of carbonyl (C=O) groups is 8. The molecule has 20 heteroatoms. The first-order chi connectivity index (χ1) is 41.4. The summed E-state index contributed by atoms with van der Waals surface area (Å²) in [4.78, 5) is 106. The third-order valence-electron chi connectivity index (χ3n) is 15.5. The van der Waals surface area contributed by atoms with Gasteiger partial charge in [0.15, 0.2) is 23.8 Å². The lowest BCUT2D eigenvalue weighted by atomic mass is 9.84. The highest BCUT2D eigenvalue weighted by atomic mass is 16.5. The number of hydrogen-bond donors (Lipinski definition) is 5. The van der Waals surface area contributed by atoms with Gasteiger partial charge in [0.1, 0.15) is 5.92 Å². The van der Waals surface area contributed by atoms with Gasteiger partial charge in [-0.15, -0.1) is 0 Å². The van der Waals surface area contributed by atoms with Crippen molar-refractivity contribution in [2.45, 2.75) is 72.0 Å². The highest BCUT2D eigenvalue weighted by Crippen LogP contribution is 2.43. The first kappa shape index (κ1) is 65.6. The molecule has 7 N–H and O–H groups in total. The molecule has 0 spiro atoms. The van der Waals surface area contributed by atoms with Crippen LogP contribution in [0.2, 0.25) is 0 Å². The van der Waals surface area contributed by atoms with Gasteiger partial charge in [-0.3, -0.25) is 38.5 Å². The van der Waals surface area contributed by atoms with Gasteiger partial charge >= 0.3 is 6.03 Å². The fraction of sp³-hybridized carbons (Fsp3) is 0.343. The number of hydrazine groups is 1. The SMILES string of the molecule is Cc1ccc(C(=O)C2C(=O)N(c3ccccc3)N(C)C2c2ccccc2)c(N)c1-c1ccc2c(ccc(C)[n+]2Cc2ccc(NC(=O)[C@H](CCCNC(N)=O)CC(=O)[C@@H](NC(=O)CCOCCOCCOCCN3C(=O)C=CC3=O)C(C)C)cc2)c1.[CH3-]. The molecule has 1 saturated heterocycles. The number of ketones is 2. The van der Waals surface area contributed by atoms with Gasteiger partial charge in [0, 0.05) is 91.3 Å². The fourth-order valence-corrected chi connectivity index (χ4v) is 11.0. The number of ether oxygens (including phenoxy) is 3. The summed E-state index contributed by atoms with van der Waals surface area (Å²) in [6, 6.07) is 38.0. The summed E-state index contributed by atoms with van der Waals surface area (Å²) < 4.78 is 18.7. The number of aromatic nitrogens is 1. The average Bonchev–Trinajstić information content (AvgIpc) is 1.79. The number of aryl methyl sites for hydroxylation is 2. The van der Waals surface area contributed by atoms with E-state index in [1.54, 1.807) is 11.1 Å². The summed E-state index contributed by atoms with van der Waals surface area (Å²) in [5, 5.41) is 12.7. The van der Waals surface area contributed by atoms with Gasteiger partial charge in [0.05, 0.1) is 69.6 Å². The van der Waals surface area contributed by atoms with Gasteiger partial charge in [-0.1, -0.05) is 80.6 Å². The minimum Gasteiger partial charge on any atom is -0.398 e. The highest BCUT2D eigenvalue weighted by molar-refractivity contribution is 6.19. The van der Waals surface area contributed by atoms with Crippen molar-refractivity contribution in [3.05, 3.63) is 175 Å². The van der Waals surface area contributed by atoms with Crippen molar-refractivity contribution in [2.75, 3.05) is 75.8 Å². The number of nitrogens with two attached hydrogens (primary N) is 2. The van der Waals surface area contributed by atoms with E-state index < -0.39 is 30.0 Å². The number of hydrogen-bond acceptors (Lipinski definition) is 13. The fourth-order valence-electron chi connectivity index (χ4n) is 11.0. The van der Waals surface area contributed by atoms with Crippen LogP contribution >= 0.6 is 0 Å². The molecule has 0 aliphatic carbocycles. The molecule has 1 aromatic heterocycles. The monoisotopic (exact) mass is 1190 g/mol. The standard InChI is InChI=1S/C66H75N9O11.CH3/c1-42(2)61(71-55(77)30-33-84-35-37-86-38-36-85-34-32-73-56(78)28-29-57(73)79)54(76)40-49(15-12-31-69-66(68)83)64(81)70-50-24-20-45(21-25-50)41-74-44(4)19-22-47-39-48(23-27-53(47)74)58-43(3)18-26-52(60(58)67)63(80)59-62(46-13-8-6-9-14-46)72(5)75(65(59)82)51-16-10-7-11-17-51;/h6-11,13-14,16-29,39,42,49,59,61-62H,12,15,30-38,40-41H2,1-5H3,(H6-,67,68,69,70,71,77,80,81,83);1H3/q;-1/p+1/t49-,59?,61+,62?;/m1./s1. The summed E-state index contributed by atoms with van der Waals surface area (Å²) in [6.07, 6.45) is 2.89. The van der Waals surface area contributed by atoms with Crippen molar-refractivity contribution < 1.29 is 57.1 Å². The van der Waals surface area contributed by atoms with Gasteiger partial charge in [-0.05, 0) is 90.9 Å². The van der Waals surface area contributed by atoms with Crippen molar-refractivity contribution in [1.82, 2.24) is 20.5 Å². The third-order valence-corrected chi connectivity index (χ3v) is 15.5. The number of Topliss-reactive ketones (excluding diaryl/α,β-unsaturated/α-hetero) is 2. The molecule has 3 heterocycles. The summed E-state index contributed by atoms with van der Waals surface area (Å²) >= 11 is 0. The zero-order valence-corrected chi connectivity index (χ0v) is 50.3. The number of anilines is 3. The Hall–Kier alpha value is -8.95. The van der Waals surface area contributed by atoms with E-state index in [4.69, 9.17) is 25.7 Å². The van der Waals surface area contributed by atoms with E-state index in [0.29, 0.717) is 35.6 Å². The first-order valence-electron chi connectivity index (χ1n) is 29.0. The number of benzene rings is 5. The second-order valence-electron chi connectivity index (χ2n) is 21.8. The third kappa shape index (κ3) is 16.5. The second-order valence-corrected chi connectivity index (χ2v) is 21.8. The smallest absolute Gasteiger partial charge is 0.312 e. The van der Waals surface area contributed by atoms with Gasteiger partial charge < -0.3 is 49.1 Å². The van der Waals surface area contributed by atoms with Crippen LogP contribution < -0.4 is 37.0 Å². The molecular formula is C67H79N9O11. The molecule has 4 atom stereocenters. The Balaban J connectivity index is 0.0000108. The number of rotatable bonds is 30. The van der Waals surface area contributed by atoms with E-state index in [0.717, 1.165) is 43.8 Å². The summed E-state index contributed by atoms with van der Waals surface area (Å²) in [5.74, 6) is -4.66. The maximum atomic E-state index is 14.9. The number of imide groups is 1. The lowest BCUT2D eigenvalue weighted by Gasteiger charge is -2.28. The number of nitrogens with one attached hydrogen (secondary N) is 3. The van der Waals surface area contributed by atoms with E-state index in [1.807, 2.05) is 155 Å². The lowest BCUT2D eigenvalue weighted by molar-refractivity contribution is -0.668. The molecule has 6 aromatic rings. The van der Waals surface area contributed by atoms with Crippen molar-refractivity contribution in [3.63, 3.8) is 0 Å². The second kappa shape index (κ2) is 30.9. The largest absolute Gasteiger partial charge is 0.398 e. The number of pyridine rings is 1. The van der Waals surface area contributed by atoms with Crippen LogP contribution in [-0.4, -0.2) is 123 Å². The van der Waals surface area contributed by atoms with E-state index in [2.05, 4.69) is 26.6 Å². The van der Waals surface area contributed by atoms with Crippen LogP contribution in [0.15, 0.2) is 140 Å². The number of para-hydroxylation sites is 1. The number of fused-ring (bicyclic) bond motifs is 1. The number of urea groups is 1. The molecule has 20 nitrogen and oxygen atoms in total. The van der Waals surface area contributed by atoms with Crippen LogP contribution in [0, 0.1) is 39.0 Å². The number of carbonyl (C=O) groups excluding carboxylic acids is 8. The van der Waals surface area contributed by atoms with Crippen LogP contribution in [0.3, 0.4) is 0 Å². The van der Waals surface area contributed by atoms with E-state index in [9.17, 15) is 38.4 Å². The van der Waals surface area contributed by atoms with Gasteiger partial charge in [-0.2, -0.15) is 4.57 Å². The zero-order chi connectivity index (χ0) is 61.4. The number of nitrogen functional groups attached to an aromatic ring is 1. The number of nitrogens with zero attached hydrogens (tertiary/aromatic N) is 4. The summed E-state index contributed by atoms with van der Waals surface area (Å²) in [5.41, 5.74) is 20.2. The van der Waals surface area contributed by atoms with Crippen LogP contribution in [0.4, 0.5) is 21.9 Å². The molecule has 0 bridgehead atoms. The van der Waals surface area contributed by atoms with Crippen LogP contribution in [0.1, 0.15) is 78.3 Å². The maximum absolute atomic E-state index is 14.9. The van der Waals surface area contributed by atoms with Crippen LogP contribution in [0.25, 0.3) is 22.0 Å². The topological polar surface area (TPSA) is 266 Å². The molecule has 458 valence electrons. The van der Waals surface area contributed by atoms with E-state index in [-0.39, 0.29) is 132 Å². The predicted molar refractivity (Wildman–Crippen MR) is 332 cm³/mol. The van der Waals surface area contributed by atoms with Crippen molar-refractivity contribution in [1.29, 1.82) is 0 Å². The molecule has 2 unspecified atom stereocenters. The first-order valence-corrected chi connectivity index (χ1v) is 29.0. The molecule has 8 rings (SSSR count).